The summed E-state index contributed by atoms with van der Waals surface area (Å²) in [4.78, 5) is 2.24. The number of anilines is 1. The topological polar surface area (TPSA) is 82.5 Å². The number of benzene rings is 1. The molecule has 6 aromatic rings. The van der Waals surface area contributed by atoms with Crippen LogP contribution in [-0.2, 0) is 13.1 Å². The number of nitrogens with zero attached hydrogens (tertiary/aromatic N) is 9. The Morgan fingerprint density at radius 2 is 1.42 bits per heavy atom. The van der Waals surface area contributed by atoms with Crippen molar-refractivity contribution in [2.45, 2.75) is 20.0 Å². The van der Waals surface area contributed by atoms with E-state index in [1.54, 1.807) is 23.2 Å². The predicted molar refractivity (Wildman–Crippen MR) is 137 cm³/mol. The molecule has 0 unspecified atom stereocenters. The Morgan fingerprint density at radius 3 is 1.94 bits per heavy atom. The third-order valence-corrected chi connectivity index (χ3v) is 7.07. The Balaban J connectivity index is 1.43. The summed E-state index contributed by atoms with van der Waals surface area (Å²) in [5.41, 5.74) is 7.18. The van der Waals surface area contributed by atoms with Gasteiger partial charge in [0.1, 0.15) is 22.7 Å². The average molecular weight is 518 g/mol. The summed E-state index contributed by atoms with van der Waals surface area (Å²) in [5, 5.41) is 22.8. The molecule has 180 valence electrons. The van der Waals surface area contributed by atoms with E-state index in [4.69, 9.17) is 5.10 Å². The molecule has 1 aromatic carbocycles. The molecule has 0 fully saturated rings. The standard InChI is InChI=1S/C24H20FN9S2/c1-17-12-22(34(30-17)19-8-6-18(25)7-9-19)31(13-20-4-2-10-32(20)23-28-26-15-35-23)14-21-5-3-11-33(21)24-29-27-16-36-24/h2-12,15-16H,13-14H2,1H3. The second kappa shape index (κ2) is 9.47. The predicted octanol–water partition coefficient (Wildman–Crippen LogP) is 4.81. The van der Waals surface area contributed by atoms with Gasteiger partial charge in [-0.3, -0.25) is 9.13 Å². The molecule has 9 nitrogen and oxygen atoms in total. The van der Waals surface area contributed by atoms with Crippen LogP contribution in [0.1, 0.15) is 17.1 Å². The Labute approximate surface area is 213 Å². The van der Waals surface area contributed by atoms with Crippen LogP contribution in [-0.4, -0.2) is 39.3 Å². The zero-order valence-corrected chi connectivity index (χ0v) is 20.8. The molecule has 0 N–H and O–H groups in total. The Bertz CT molecular complexity index is 1490. The third-order valence-electron chi connectivity index (χ3n) is 5.69. The van der Waals surface area contributed by atoms with E-state index in [2.05, 4.69) is 37.4 Å². The molecule has 6 rings (SSSR count). The minimum Gasteiger partial charge on any atom is -0.345 e. The lowest BCUT2D eigenvalue weighted by molar-refractivity contribution is 0.626. The van der Waals surface area contributed by atoms with Crippen LogP contribution in [0.25, 0.3) is 16.0 Å². The lowest BCUT2D eigenvalue weighted by Gasteiger charge is -2.26. The number of hydrogen-bond acceptors (Lipinski definition) is 8. The SMILES string of the molecule is Cc1cc(N(Cc2cccn2-c2nncs2)Cc2cccn2-c2nncs2)n(-c2ccc(F)cc2)n1. The van der Waals surface area contributed by atoms with E-state index >= 15 is 0 Å². The summed E-state index contributed by atoms with van der Waals surface area (Å²) < 4.78 is 19.6. The molecular formula is C24H20FN9S2. The monoisotopic (exact) mass is 517 g/mol. The fraction of sp³-hybridized carbons (Fsp3) is 0.125. The number of aryl methyl sites for hydroxylation is 1. The number of rotatable bonds is 8. The van der Waals surface area contributed by atoms with E-state index in [9.17, 15) is 4.39 Å². The van der Waals surface area contributed by atoms with Gasteiger partial charge in [0.05, 0.1) is 24.5 Å². The molecule has 0 radical (unpaired) electrons. The Kier molecular flexibility index (Phi) is 5.87. The summed E-state index contributed by atoms with van der Waals surface area (Å²) in [7, 11) is 0. The molecule has 36 heavy (non-hydrogen) atoms. The van der Waals surface area contributed by atoms with Gasteiger partial charge in [-0.1, -0.05) is 22.7 Å². The lowest BCUT2D eigenvalue weighted by atomic mass is 10.3. The molecule has 5 heterocycles. The first-order chi connectivity index (χ1) is 17.7. The van der Waals surface area contributed by atoms with Crippen molar-refractivity contribution >= 4 is 28.5 Å². The maximum absolute atomic E-state index is 13.7. The van der Waals surface area contributed by atoms with Crippen molar-refractivity contribution in [3.63, 3.8) is 0 Å². The summed E-state index contributed by atoms with van der Waals surface area (Å²) in [6, 6.07) is 16.5. The van der Waals surface area contributed by atoms with Gasteiger partial charge in [0.15, 0.2) is 0 Å². The number of aromatic nitrogens is 8. The molecule has 0 bridgehead atoms. The normalized spacial score (nSPS) is 11.3. The molecule has 0 aliphatic rings. The van der Waals surface area contributed by atoms with Crippen molar-refractivity contribution in [3.8, 4) is 16.0 Å². The zero-order valence-electron chi connectivity index (χ0n) is 19.1. The van der Waals surface area contributed by atoms with Gasteiger partial charge >= 0.3 is 0 Å². The molecule has 12 heteroatoms. The molecule has 0 amide bonds. The average Bonchev–Trinajstić information content (AvgIpc) is 3.70. The fourth-order valence-corrected chi connectivity index (χ4v) is 5.25. The van der Waals surface area contributed by atoms with Gasteiger partial charge in [0.2, 0.25) is 10.3 Å². The first-order valence-electron chi connectivity index (χ1n) is 11.1. The highest BCUT2D eigenvalue weighted by Gasteiger charge is 2.20. The van der Waals surface area contributed by atoms with E-state index in [0.717, 1.165) is 38.9 Å². The smallest absolute Gasteiger partial charge is 0.216 e. The Morgan fingerprint density at radius 1 is 0.833 bits per heavy atom. The first kappa shape index (κ1) is 22.3. The van der Waals surface area contributed by atoms with Crippen molar-refractivity contribution < 1.29 is 4.39 Å². The van der Waals surface area contributed by atoms with Crippen molar-refractivity contribution in [3.05, 3.63) is 101 Å². The van der Waals surface area contributed by atoms with Crippen molar-refractivity contribution in [2.75, 3.05) is 4.90 Å². The van der Waals surface area contributed by atoms with Gasteiger partial charge in [-0.15, -0.1) is 20.4 Å². The van der Waals surface area contributed by atoms with Crippen LogP contribution in [0.4, 0.5) is 10.2 Å². The van der Waals surface area contributed by atoms with E-state index in [0.29, 0.717) is 13.1 Å². The fourth-order valence-electron chi connectivity index (χ4n) is 4.10. The van der Waals surface area contributed by atoms with Crippen LogP contribution in [0.15, 0.2) is 78.0 Å². The third kappa shape index (κ3) is 4.32. The van der Waals surface area contributed by atoms with Gasteiger partial charge in [0, 0.05) is 29.8 Å². The van der Waals surface area contributed by atoms with Crippen LogP contribution in [0, 0.1) is 12.7 Å². The molecule has 0 atom stereocenters. The molecular weight excluding hydrogens is 497 g/mol. The van der Waals surface area contributed by atoms with Gasteiger partial charge in [-0.05, 0) is 55.5 Å². The van der Waals surface area contributed by atoms with Gasteiger partial charge in [-0.25, -0.2) is 9.07 Å². The molecule has 0 saturated carbocycles. The highest BCUT2D eigenvalue weighted by molar-refractivity contribution is 7.12. The summed E-state index contributed by atoms with van der Waals surface area (Å²) in [5.74, 6) is 0.597. The van der Waals surface area contributed by atoms with Crippen molar-refractivity contribution in [1.82, 2.24) is 39.3 Å². The highest BCUT2D eigenvalue weighted by atomic mass is 32.1. The quantitative estimate of drug-likeness (QED) is 0.288. The van der Waals surface area contributed by atoms with Crippen molar-refractivity contribution in [1.29, 1.82) is 0 Å². The van der Waals surface area contributed by atoms with Crippen molar-refractivity contribution in [2.24, 2.45) is 0 Å². The maximum Gasteiger partial charge on any atom is 0.216 e. The molecule has 0 aliphatic heterocycles. The first-order valence-corrected chi connectivity index (χ1v) is 12.8. The van der Waals surface area contributed by atoms with Gasteiger partial charge in [0.25, 0.3) is 0 Å². The van der Waals surface area contributed by atoms with Gasteiger partial charge < -0.3 is 4.90 Å². The molecule has 0 spiro atoms. The zero-order chi connectivity index (χ0) is 24.5. The Hall–Kier alpha value is -4.16. The molecule has 0 aliphatic carbocycles. The lowest BCUT2D eigenvalue weighted by Crippen LogP contribution is -2.27. The molecule has 0 saturated heterocycles. The van der Waals surface area contributed by atoms with E-state index in [1.165, 1.54) is 34.8 Å². The second-order valence-electron chi connectivity index (χ2n) is 8.07. The minimum absolute atomic E-state index is 0.286. The summed E-state index contributed by atoms with van der Waals surface area (Å²) in [6.07, 6.45) is 3.97. The van der Waals surface area contributed by atoms with E-state index < -0.39 is 0 Å². The minimum atomic E-state index is -0.286. The largest absolute Gasteiger partial charge is 0.345 e. The van der Waals surface area contributed by atoms with Crippen LogP contribution >= 0.6 is 22.7 Å². The molecule has 5 aromatic heterocycles. The van der Waals surface area contributed by atoms with Gasteiger partial charge in [-0.2, -0.15) is 5.10 Å². The van der Waals surface area contributed by atoms with Crippen LogP contribution in [0.2, 0.25) is 0 Å². The maximum atomic E-state index is 13.7. The van der Waals surface area contributed by atoms with Crippen LogP contribution < -0.4 is 4.90 Å². The highest BCUT2D eigenvalue weighted by Crippen LogP contribution is 2.27. The second-order valence-corrected chi connectivity index (χ2v) is 9.69. The number of hydrogen-bond donors (Lipinski definition) is 0. The van der Waals surface area contributed by atoms with E-state index in [1.807, 2.05) is 51.3 Å². The van der Waals surface area contributed by atoms with E-state index in [-0.39, 0.29) is 5.82 Å². The van der Waals surface area contributed by atoms with Crippen LogP contribution in [0.5, 0.6) is 0 Å². The number of halogens is 1. The summed E-state index contributed by atoms with van der Waals surface area (Å²) >= 11 is 2.96. The van der Waals surface area contributed by atoms with Crippen LogP contribution in [0.3, 0.4) is 0 Å². The summed E-state index contributed by atoms with van der Waals surface area (Å²) in [6.45, 7) is 3.09.